The van der Waals surface area contributed by atoms with E-state index >= 15 is 0 Å². The third-order valence-electron chi connectivity index (χ3n) is 2.97. The van der Waals surface area contributed by atoms with Crippen molar-refractivity contribution in [3.63, 3.8) is 0 Å². The lowest BCUT2D eigenvalue weighted by Gasteiger charge is -2.16. The van der Waals surface area contributed by atoms with Gasteiger partial charge in [0.2, 0.25) is 5.43 Å². The van der Waals surface area contributed by atoms with Gasteiger partial charge in [0, 0.05) is 25.0 Å². The highest BCUT2D eigenvalue weighted by Gasteiger charge is 2.06. The van der Waals surface area contributed by atoms with Gasteiger partial charge in [0.25, 0.3) is 0 Å². The summed E-state index contributed by atoms with van der Waals surface area (Å²) >= 11 is 0. The normalized spacial score (nSPS) is 12.6. The molecule has 0 aliphatic carbocycles. The summed E-state index contributed by atoms with van der Waals surface area (Å²) in [6.45, 7) is 5.25. The number of aromatic hydroxyl groups is 1. The highest BCUT2D eigenvalue weighted by molar-refractivity contribution is 5.14. The molecule has 1 rings (SSSR count). The van der Waals surface area contributed by atoms with Crippen molar-refractivity contribution in [3.05, 3.63) is 28.7 Å². The highest BCUT2D eigenvalue weighted by atomic mass is 16.3. The molecule has 16 heavy (non-hydrogen) atoms. The van der Waals surface area contributed by atoms with Crippen LogP contribution in [0.1, 0.15) is 39.5 Å². The van der Waals surface area contributed by atoms with Crippen molar-refractivity contribution < 1.29 is 5.11 Å². The molecule has 0 fully saturated rings. The SMILES string of the molecule is CCCCC(CC)Cn1ccc(=O)c(O)c1. The predicted molar refractivity (Wildman–Crippen MR) is 65.7 cm³/mol. The lowest BCUT2D eigenvalue weighted by Crippen LogP contribution is -2.12. The van der Waals surface area contributed by atoms with Gasteiger partial charge in [-0.15, -0.1) is 0 Å². The maximum Gasteiger partial charge on any atom is 0.223 e. The van der Waals surface area contributed by atoms with Crippen LogP contribution in [0, 0.1) is 5.92 Å². The smallest absolute Gasteiger partial charge is 0.223 e. The molecule has 1 heterocycles. The van der Waals surface area contributed by atoms with Crippen LogP contribution in [0.15, 0.2) is 23.3 Å². The molecule has 1 atom stereocenters. The largest absolute Gasteiger partial charge is 0.503 e. The second-order valence-electron chi connectivity index (χ2n) is 4.31. The minimum atomic E-state index is -0.308. The van der Waals surface area contributed by atoms with Crippen LogP contribution >= 0.6 is 0 Å². The zero-order chi connectivity index (χ0) is 12.0. The predicted octanol–water partition coefficient (Wildman–Crippen LogP) is 2.77. The Morgan fingerprint density at radius 2 is 2.19 bits per heavy atom. The molecule has 1 aromatic heterocycles. The Bertz CT molecular complexity index is 370. The minimum Gasteiger partial charge on any atom is -0.503 e. The van der Waals surface area contributed by atoms with E-state index in [4.69, 9.17) is 0 Å². The Labute approximate surface area is 96.7 Å². The first-order valence-corrected chi connectivity index (χ1v) is 6.06. The van der Waals surface area contributed by atoms with Crippen LogP contribution in [0.4, 0.5) is 0 Å². The summed E-state index contributed by atoms with van der Waals surface area (Å²) in [6.07, 6.45) is 8.07. The van der Waals surface area contributed by atoms with Crippen LogP contribution in [0.3, 0.4) is 0 Å². The number of aromatic nitrogens is 1. The fourth-order valence-electron chi connectivity index (χ4n) is 1.84. The van der Waals surface area contributed by atoms with Gasteiger partial charge in [-0.2, -0.15) is 0 Å². The number of pyridine rings is 1. The zero-order valence-electron chi connectivity index (χ0n) is 10.1. The van der Waals surface area contributed by atoms with Crippen molar-refractivity contribution in [1.29, 1.82) is 0 Å². The lowest BCUT2D eigenvalue weighted by atomic mass is 9.99. The van der Waals surface area contributed by atoms with Gasteiger partial charge in [0.15, 0.2) is 5.75 Å². The average molecular weight is 223 g/mol. The molecule has 0 saturated heterocycles. The van der Waals surface area contributed by atoms with E-state index in [1.54, 1.807) is 6.20 Å². The van der Waals surface area contributed by atoms with Crippen LogP contribution in [0.25, 0.3) is 0 Å². The third-order valence-corrected chi connectivity index (χ3v) is 2.97. The molecule has 3 heteroatoms. The molecule has 3 nitrogen and oxygen atoms in total. The first-order chi connectivity index (χ1) is 7.67. The van der Waals surface area contributed by atoms with Crippen molar-refractivity contribution in [1.82, 2.24) is 4.57 Å². The Balaban J connectivity index is 2.63. The molecule has 0 radical (unpaired) electrons. The molecule has 0 aromatic carbocycles. The minimum absolute atomic E-state index is 0.159. The number of hydrogen-bond acceptors (Lipinski definition) is 2. The van der Waals surface area contributed by atoms with Crippen LogP contribution in [0.5, 0.6) is 5.75 Å². The number of rotatable bonds is 6. The number of nitrogens with zero attached hydrogens (tertiary/aromatic N) is 1. The van der Waals surface area contributed by atoms with Crippen molar-refractivity contribution >= 4 is 0 Å². The van der Waals surface area contributed by atoms with E-state index in [0.29, 0.717) is 5.92 Å². The van der Waals surface area contributed by atoms with Gasteiger partial charge in [0.05, 0.1) is 0 Å². The van der Waals surface area contributed by atoms with Crippen molar-refractivity contribution in [2.24, 2.45) is 5.92 Å². The fourth-order valence-corrected chi connectivity index (χ4v) is 1.84. The van der Waals surface area contributed by atoms with Gasteiger partial charge in [-0.25, -0.2) is 0 Å². The van der Waals surface area contributed by atoms with Gasteiger partial charge in [-0.1, -0.05) is 33.1 Å². The molecular weight excluding hydrogens is 202 g/mol. The molecule has 0 aliphatic rings. The van der Waals surface area contributed by atoms with Crippen molar-refractivity contribution in [3.8, 4) is 5.75 Å². The molecule has 0 aliphatic heterocycles. The zero-order valence-corrected chi connectivity index (χ0v) is 10.1. The summed E-state index contributed by atoms with van der Waals surface area (Å²) in [4.78, 5) is 11.0. The summed E-state index contributed by atoms with van der Waals surface area (Å²) in [6, 6.07) is 1.42. The van der Waals surface area contributed by atoms with E-state index in [2.05, 4.69) is 13.8 Å². The number of hydrogen-bond donors (Lipinski definition) is 1. The summed E-state index contributed by atoms with van der Waals surface area (Å²) in [5, 5.41) is 9.33. The van der Waals surface area contributed by atoms with Crippen molar-refractivity contribution in [2.45, 2.75) is 46.1 Å². The first kappa shape index (κ1) is 12.8. The quantitative estimate of drug-likeness (QED) is 0.805. The van der Waals surface area contributed by atoms with Gasteiger partial charge >= 0.3 is 0 Å². The van der Waals surface area contributed by atoms with Crippen molar-refractivity contribution in [2.75, 3.05) is 0 Å². The molecule has 0 saturated carbocycles. The average Bonchev–Trinajstić information content (AvgIpc) is 2.29. The second-order valence-corrected chi connectivity index (χ2v) is 4.31. The molecule has 1 unspecified atom stereocenters. The van der Waals surface area contributed by atoms with Gasteiger partial charge < -0.3 is 9.67 Å². The van der Waals surface area contributed by atoms with Crippen LogP contribution in [-0.2, 0) is 6.54 Å². The summed E-state index contributed by atoms with van der Waals surface area (Å²) in [7, 11) is 0. The van der Waals surface area contributed by atoms with Gasteiger partial charge in [-0.05, 0) is 12.3 Å². The monoisotopic (exact) mass is 223 g/mol. The Kier molecular flexibility index (Phi) is 5.09. The van der Waals surface area contributed by atoms with Crippen LogP contribution in [0.2, 0.25) is 0 Å². The van der Waals surface area contributed by atoms with E-state index in [1.165, 1.54) is 31.5 Å². The van der Waals surface area contributed by atoms with Gasteiger partial charge in [0.1, 0.15) is 0 Å². The number of unbranched alkanes of at least 4 members (excludes halogenated alkanes) is 1. The third kappa shape index (κ3) is 3.72. The maximum absolute atomic E-state index is 11.0. The van der Waals surface area contributed by atoms with Crippen LogP contribution in [-0.4, -0.2) is 9.67 Å². The summed E-state index contributed by atoms with van der Waals surface area (Å²) in [5.41, 5.74) is -0.308. The molecule has 0 amide bonds. The summed E-state index contributed by atoms with van der Waals surface area (Å²) < 4.78 is 1.90. The Morgan fingerprint density at radius 3 is 2.75 bits per heavy atom. The maximum atomic E-state index is 11.0. The van der Waals surface area contributed by atoms with Gasteiger partial charge in [-0.3, -0.25) is 4.79 Å². The molecule has 90 valence electrons. The Morgan fingerprint density at radius 1 is 1.44 bits per heavy atom. The summed E-state index contributed by atoms with van der Waals surface area (Å²) in [5.74, 6) is 0.467. The molecular formula is C13H21NO2. The van der Waals surface area contributed by atoms with Crippen LogP contribution < -0.4 is 5.43 Å². The van der Waals surface area contributed by atoms with E-state index < -0.39 is 0 Å². The topological polar surface area (TPSA) is 42.2 Å². The molecule has 0 bridgehead atoms. The first-order valence-electron chi connectivity index (χ1n) is 6.06. The second kappa shape index (κ2) is 6.36. The van der Waals surface area contributed by atoms with E-state index in [1.807, 2.05) is 4.57 Å². The molecule has 1 N–H and O–H groups in total. The lowest BCUT2D eigenvalue weighted by molar-refractivity contribution is 0.383. The van der Waals surface area contributed by atoms with E-state index in [9.17, 15) is 9.90 Å². The highest BCUT2D eigenvalue weighted by Crippen LogP contribution is 2.15. The fraction of sp³-hybridized carbons (Fsp3) is 0.615. The molecule has 1 aromatic rings. The Hall–Kier alpha value is -1.25. The standard InChI is InChI=1S/C13H21NO2/c1-3-5-6-11(4-2)9-14-8-7-12(15)13(16)10-14/h7-8,10-11,16H,3-6,9H2,1-2H3. The van der Waals surface area contributed by atoms with E-state index in [-0.39, 0.29) is 11.2 Å². The van der Waals surface area contributed by atoms with E-state index in [0.717, 1.165) is 13.0 Å². The molecule has 0 spiro atoms.